The van der Waals surface area contributed by atoms with E-state index < -0.39 is 0 Å². The number of likely N-dealkylation sites (tertiary alicyclic amines) is 1. The monoisotopic (exact) mass is 338 g/mol. The molecular formula is C17H26N2O3S. The van der Waals surface area contributed by atoms with E-state index >= 15 is 0 Å². The van der Waals surface area contributed by atoms with Gasteiger partial charge in [0.25, 0.3) is 5.91 Å². The summed E-state index contributed by atoms with van der Waals surface area (Å²) < 4.78 is 5.78. The predicted octanol–water partition coefficient (Wildman–Crippen LogP) is 2.49. The topological polar surface area (TPSA) is 62.7 Å². The lowest BCUT2D eigenvalue weighted by Gasteiger charge is -2.56. The van der Waals surface area contributed by atoms with Gasteiger partial charge in [0, 0.05) is 31.5 Å². The molecule has 1 aromatic heterocycles. The second kappa shape index (κ2) is 6.87. The molecule has 1 aliphatic carbocycles. The van der Waals surface area contributed by atoms with E-state index in [1.165, 1.54) is 11.3 Å². The molecule has 1 saturated carbocycles. The molecule has 1 aliphatic heterocycles. The number of hydrogen-bond donors (Lipinski definition) is 1. The fourth-order valence-corrected chi connectivity index (χ4v) is 4.82. The molecule has 1 saturated heterocycles. The van der Waals surface area contributed by atoms with Crippen molar-refractivity contribution in [3.8, 4) is 0 Å². The largest absolute Gasteiger partial charge is 0.392 e. The highest BCUT2D eigenvalue weighted by atomic mass is 32.1. The Bertz CT molecular complexity index is 550. The van der Waals surface area contributed by atoms with Gasteiger partial charge in [0.15, 0.2) is 0 Å². The molecule has 128 valence electrons. The molecule has 0 radical (unpaired) electrons. The maximum absolute atomic E-state index is 12.6. The van der Waals surface area contributed by atoms with Gasteiger partial charge in [-0.05, 0) is 32.6 Å². The summed E-state index contributed by atoms with van der Waals surface area (Å²) >= 11 is 1.51. The normalized spacial score (nSPS) is 26.3. The Hall–Kier alpha value is -0.980. The van der Waals surface area contributed by atoms with E-state index in [-0.39, 0.29) is 23.5 Å². The van der Waals surface area contributed by atoms with Crippen LogP contribution in [0.2, 0.25) is 0 Å². The zero-order chi connectivity index (χ0) is 16.4. The van der Waals surface area contributed by atoms with Crippen molar-refractivity contribution in [1.29, 1.82) is 0 Å². The molecule has 6 heteroatoms. The minimum atomic E-state index is -0.282. The molecule has 1 amide bonds. The van der Waals surface area contributed by atoms with Crippen LogP contribution < -0.4 is 0 Å². The first-order valence-corrected chi connectivity index (χ1v) is 9.46. The number of rotatable bonds is 5. The molecular weight excluding hydrogens is 312 g/mol. The van der Waals surface area contributed by atoms with Gasteiger partial charge in [0.1, 0.15) is 4.88 Å². The lowest BCUT2D eigenvalue weighted by Crippen LogP contribution is -2.62. The van der Waals surface area contributed by atoms with Crippen LogP contribution in [0.5, 0.6) is 0 Å². The molecule has 0 aromatic carbocycles. The van der Waals surface area contributed by atoms with Crippen LogP contribution in [0.4, 0.5) is 0 Å². The molecule has 3 rings (SSSR count). The highest BCUT2D eigenvalue weighted by Crippen LogP contribution is 2.51. The third-order valence-corrected chi connectivity index (χ3v) is 6.36. The van der Waals surface area contributed by atoms with Crippen LogP contribution in [0.1, 0.15) is 54.2 Å². The molecule has 2 aliphatic rings. The third-order valence-electron chi connectivity index (χ3n) is 5.32. The Labute approximate surface area is 141 Å². The standard InChI is InChI=1S/C17H26N2O3S/c1-3-5-15-18-11-12(23-15)16(21)19-8-6-17(7-9-19)13(20)10-14(17)22-4-2/h11,13-14,20H,3-10H2,1-2H3. The summed E-state index contributed by atoms with van der Waals surface area (Å²) in [4.78, 5) is 19.6. The van der Waals surface area contributed by atoms with Gasteiger partial charge in [-0.15, -0.1) is 11.3 Å². The van der Waals surface area contributed by atoms with Crippen molar-refractivity contribution in [3.63, 3.8) is 0 Å². The van der Waals surface area contributed by atoms with E-state index in [1.807, 2.05) is 11.8 Å². The van der Waals surface area contributed by atoms with Gasteiger partial charge in [-0.25, -0.2) is 4.98 Å². The summed E-state index contributed by atoms with van der Waals surface area (Å²) in [5.41, 5.74) is -0.131. The van der Waals surface area contributed by atoms with Gasteiger partial charge in [0.05, 0.1) is 23.4 Å². The Morgan fingerprint density at radius 2 is 2.22 bits per heavy atom. The summed E-state index contributed by atoms with van der Waals surface area (Å²) in [6.45, 7) is 6.18. The minimum absolute atomic E-state index is 0.0847. The van der Waals surface area contributed by atoms with E-state index in [0.717, 1.165) is 42.0 Å². The Morgan fingerprint density at radius 3 is 2.83 bits per heavy atom. The molecule has 1 spiro atoms. The van der Waals surface area contributed by atoms with Crippen LogP contribution in [0.15, 0.2) is 6.20 Å². The van der Waals surface area contributed by atoms with E-state index in [1.54, 1.807) is 6.20 Å². The predicted molar refractivity (Wildman–Crippen MR) is 89.7 cm³/mol. The van der Waals surface area contributed by atoms with Crippen molar-refractivity contribution in [2.24, 2.45) is 5.41 Å². The van der Waals surface area contributed by atoms with E-state index in [9.17, 15) is 9.90 Å². The summed E-state index contributed by atoms with van der Waals surface area (Å²) in [6.07, 6.45) is 5.94. The highest BCUT2D eigenvalue weighted by Gasteiger charge is 2.56. The summed E-state index contributed by atoms with van der Waals surface area (Å²) in [7, 11) is 0. The van der Waals surface area contributed by atoms with E-state index in [0.29, 0.717) is 19.7 Å². The lowest BCUT2D eigenvalue weighted by atomic mass is 9.58. The van der Waals surface area contributed by atoms with Crippen molar-refractivity contribution < 1.29 is 14.6 Å². The van der Waals surface area contributed by atoms with Gasteiger partial charge >= 0.3 is 0 Å². The zero-order valence-electron chi connectivity index (χ0n) is 14.0. The van der Waals surface area contributed by atoms with Crippen LogP contribution in [-0.2, 0) is 11.2 Å². The van der Waals surface area contributed by atoms with Crippen LogP contribution in [0.3, 0.4) is 0 Å². The number of nitrogens with zero attached hydrogens (tertiary/aromatic N) is 2. The Kier molecular flexibility index (Phi) is 5.04. The first kappa shape index (κ1) is 16.9. The van der Waals surface area contributed by atoms with Gasteiger partial charge in [0.2, 0.25) is 0 Å². The maximum Gasteiger partial charge on any atom is 0.265 e. The summed E-state index contributed by atoms with van der Waals surface area (Å²) in [5.74, 6) is 0.0847. The number of aliphatic hydroxyl groups excluding tert-OH is 1. The molecule has 1 N–H and O–H groups in total. The number of amides is 1. The number of aliphatic hydroxyl groups is 1. The van der Waals surface area contributed by atoms with Crippen LogP contribution >= 0.6 is 11.3 Å². The first-order valence-electron chi connectivity index (χ1n) is 8.64. The average Bonchev–Trinajstić information content (AvgIpc) is 3.03. The molecule has 2 heterocycles. The van der Waals surface area contributed by atoms with E-state index in [2.05, 4.69) is 11.9 Å². The number of carbonyl (C=O) groups excluding carboxylic acids is 1. The Morgan fingerprint density at radius 1 is 1.48 bits per heavy atom. The van der Waals surface area contributed by atoms with Gasteiger partial charge in [-0.3, -0.25) is 4.79 Å². The Balaban J connectivity index is 1.60. The minimum Gasteiger partial charge on any atom is -0.392 e. The van der Waals surface area contributed by atoms with Gasteiger partial charge in [-0.2, -0.15) is 0 Å². The van der Waals surface area contributed by atoms with Crippen molar-refractivity contribution >= 4 is 17.2 Å². The highest BCUT2D eigenvalue weighted by molar-refractivity contribution is 7.13. The molecule has 0 bridgehead atoms. The SMILES string of the molecule is CCCc1ncc(C(=O)N2CCC3(CC2)C(O)CC3OCC)s1. The summed E-state index contributed by atoms with van der Waals surface area (Å²) in [6, 6.07) is 0. The summed E-state index contributed by atoms with van der Waals surface area (Å²) in [5, 5.41) is 11.3. The van der Waals surface area contributed by atoms with Gasteiger partial charge in [-0.1, -0.05) is 6.92 Å². The fourth-order valence-electron chi connectivity index (χ4n) is 3.84. The van der Waals surface area contributed by atoms with Crippen LogP contribution in [0.25, 0.3) is 0 Å². The average molecular weight is 338 g/mol. The zero-order valence-corrected chi connectivity index (χ0v) is 14.8. The van der Waals surface area contributed by atoms with Crippen LogP contribution in [0, 0.1) is 5.41 Å². The second-order valence-electron chi connectivity index (χ2n) is 6.59. The van der Waals surface area contributed by atoms with E-state index in [4.69, 9.17) is 4.74 Å². The van der Waals surface area contributed by atoms with Crippen molar-refractivity contribution in [2.45, 2.75) is 58.2 Å². The first-order chi connectivity index (χ1) is 11.1. The van der Waals surface area contributed by atoms with Gasteiger partial charge < -0.3 is 14.7 Å². The maximum atomic E-state index is 12.6. The smallest absolute Gasteiger partial charge is 0.265 e. The molecule has 23 heavy (non-hydrogen) atoms. The number of ether oxygens (including phenoxy) is 1. The number of carbonyl (C=O) groups is 1. The second-order valence-corrected chi connectivity index (χ2v) is 7.70. The third kappa shape index (κ3) is 3.04. The number of hydrogen-bond acceptors (Lipinski definition) is 5. The van der Waals surface area contributed by atoms with Crippen LogP contribution in [-0.4, -0.2) is 52.8 Å². The fraction of sp³-hybridized carbons (Fsp3) is 0.765. The number of thiazole rings is 1. The lowest BCUT2D eigenvalue weighted by molar-refractivity contribution is -0.207. The number of aromatic nitrogens is 1. The molecule has 2 atom stereocenters. The molecule has 2 unspecified atom stereocenters. The van der Waals surface area contributed by atoms with Crippen molar-refractivity contribution in [3.05, 3.63) is 16.1 Å². The molecule has 1 aromatic rings. The quantitative estimate of drug-likeness (QED) is 0.896. The van der Waals surface area contributed by atoms with Crippen molar-refractivity contribution in [2.75, 3.05) is 19.7 Å². The molecule has 5 nitrogen and oxygen atoms in total. The number of aryl methyl sites for hydroxylation is 1. The molecule has 2 fully saturated rings. The van der Waals surface area contributed by atoms with Crippen molar-refractivity contribution in [1.82, 2.24) is 9.88 Å². The number of piperidine rings is 1.